The molecule has 39 heavy (non-hydrogen) atoms. The summed E-state index contributed by atoms with van der Waals surface area (Å²) in [5, 5.41) is 7.33. The normalized spacial score (nSPS) is 21.4. The predicted molar refractivity (Wildman–Crippen MR) is 157 cm³/mol. The molecule has 0 spiro atoms. The summed E-state index contributed by atoms with van der Waals surface area (Å²) in [7, 11) is 0. The molecule has 4 N–H and O–H groups in total. The highest BCUT2D eigenvalue weighted by Crippen LogP contribution is 2.39. The van der Waals surface area contributed by atoms with E-state index >= 15 is 0 Å². The van der Waals surface area contributed by atoms with Gasteiger partial charge < -0.3 is 21.1 Å². The Labute approximate surface area is 231 Å². The summed E-state index contributed by atoms with van der Waals surface area (Å²) in [5.41, 5.74) is 10.3. The summed E-state index contributed by atoms with van der Waals surface area (Å²) in [5.74, 6) is 3.59. The largest absolute Gasteiger partial charge is 0.489 e. The van der Waals surface area contributed by atoms with Gasteiger partial charge in [0.2, 0.25) is 0 Å². The Bertz CT molecular complexity index is 1360. The maximum Gasteiger partial charge on any atom is 0.150 e. The van der Waals surface area contributed by atoms with Crippen LogP contribution in [-0.4, -0.2) is 40.0 Å². The molecule has 2 aromatic carbocycles. The smallest absolute Gasteiger partial charge is 0.150 e. The number of nitrogens with one attached hydrogen (secondary N) is 2. The molecule has 204 valence electrons. The second kappa shape index (κ2) is 12.2. The molecule has 1 saturated heterocycles. The number of nitrogens with two attached hydrogens (primary N) is 1. The number of nitrogen functional groups attached to an aromatic ring is 1. The molecule has 1 saturated carbocycles. The molecule has 1 unspecified atom stereocenters. The van der Waals surface area contributed by atoms with Gasteiger partial charge >= 0.3 is 0 Å². The minimum absolute atomic E-state index is 0.421. The fraction of sp³-hybridized carbons (Fsp3) is 0.438. The van der Waals surface area contributed by atoms with Crippen LogP contribution in [0.1, 0.15) is 62.3 Å². The van der Waals surface area contributed by atoms with Crippen molar-refractivity contribution in [2.45, 2.75) is 63.5 Å². The summed E-state index contributed by atoms with van der Waals surface area (Å²) in [4.78, 5) is 9.62. The lowest BCUT2D eigenvalue weighted by Crippen LogP contribution is -2.31. The van der Waals surface area contributed by atoms with E-state index in [-0.39, 0.29) is 0 Å². The number of nitrogens with zero attached hydrogens (tertiary/aromatic N) is 3. The highest BCUT2D eigenvalue weighted by molar-refractivity contribution is 5.85. The summed E-state index contributed by atoms with van der Waals surface area (Å²) < 4.78 is 8.28. The first-order valence-electron chi connectivity index (χ1n) is 14.6. The third-order valence-corrected chi connectivity index (χ3v) is 8.44. The molecular weight excluding hydrogens is 484 g/mol. The average molecular weight is 525 g/mol. The molecule has 7 heteroatoms. The molecule has 2 fully saturated rings. The van der Waals surface area contributed by atoms with Crippen molar-refractivity contribution in [3.8, 4) is 17.0 Å². The van der Waals surface area contributed by atoms with Crippen molar-refractivity contribution in [3.05, 3.63) is 78.4 Å². The molecule has 6 rings (SSSR count). The van der Waals surface area contributed by atoms with Crippen molar-refractivity contribution >= 4 is 11.3 Å². The van der Waals surface area contributed by atoms with Gasteiger partial charge in [-0.3, -0.25) is 4.40 Å². The maximum absolute atomic E-state index is 6.43. The SMILES string of the molecule is Nc1nccn2c(C3CCC(CNCCC4CCCN4)CC3)nc(-c3cccc(OCc4ccccc4)c3)c12. The summed E-state index contributed by atoms with van der Waals surface area (Å²) in [6.45, 7) is 3.96. The van der Waals surface area contributed by atoms with E-state index < -0.39 is 0 Å². The molecule has 0 radical (unpaired) electrons. The van der Waals surface area contributed by atoms with Crippen molar-refractivity contribution < 1.29 is 4.74 Å². The van der Waals surface area contributed by atoms with Gasteiger partial charge in [-0.1, -0.05) is 42.5 Å². The quantitative estimate of drug-likeness (QED) is 0.235. The Balaban J connectivity index is 1.14. The van der Waals surface area contributed by atoms with Gasteiger partial charge in [-0.05, 0) is 88.2 Å². The number of imidazole rings is 1. The Morgan fingerprint density at radius 1 is 1.03 bits per heavy atom. The minimum Gasteiger partial charge on any atom is -0.489 e. The molecule has 7 nitrogen and oxygen atoms in total. The van der Waals surface area contributed by atoms with Gasteiger partial charge in [0.1, 0.15) is 35.2 Å². The second-order valence-corrected chi connectivity index (χ2v) is 11.2. The van der Waals surface area contributed by atoms with E-state index in [4.69, 9.17) is 15.5 Å². The number of ether oxygens (including phenoxy) is 1. The third kappa shape index (κ3) is 6.10. The molecule has 1 aliphatic carbocycles. The van der Waals surface area contributed by atoms with Crippen LogP contribution < -0.4 is 21.1 Å². The van der Waals surface area contributed by atoms with Crippen LogP contribution in [0.5, 0.6) is 5.75 Å². The van der Waals surface area contributed by atoms with E-state index in [1.54, 1.807) is 6.20 Å². The zero-order valence-corrected chi connectivity index (χ0v) is 22.7. The van der Waals surface area contributed by atoms with Gasteiger partial charge in [0.05, 0.1) is 0 Å². The minimum atomic E-state index is 0.421. The van der Waals surface area contributed by atoms with E-state index in [1.807, 2.05) is 36.5 Å². The highest BCUT2D eigenvalue weighted by atomic mass is 16.5. The monoisotopic (exact) mass is 524 g/mol. The van der Waals surface area contributed by atoms with Gasteiger partial charge in [0, 0.05) is 29.9 Å². The number of hydrogen-bond donors (Lipinski definition) is 3. The molecule has 3 heterocycles. The lowest BCUT2D eigenvalue weighted by Gasteiger charge is -2.28. The fourth-order valence-electron chi connectivity index (χ4n) is 6.26. The van der Waals surface area contributed by atoms with Crippen LogP contribution >= 0.6 is 0 Å². The lowest BCUT2D eigenvalue weighted by molar-refractivity contribution is 0.306. The van der Waals surface area contributed by atoms with E-state index in [1.165, 1.54) is 38.6 Å². The standard InChI is InChI=1S/C32H40N6O/c33-31-30-29(26-8-4-10-28(20-26)39-22-24-6-2-1-3-7-24)37-32(38(30)19-18-36-31)25-13-11-23(12-14-25)21-34-17-15-27-9-5-16-35-27/h1-4,6-8,10,18-20,23,25,27,34-35H,5,9,11-17,21-22H2,(H2,33,36). The highest BCUT2D eigenvalue weighted by Gasteiger charge is 2.27. The first-order valence-corrected chi connectivity index (χ1v) is 14.6. The van der Waals surface area contributed by atoms with Gasteiger partial charge in [-0.25, -0.2) is 9.97 Å². The Morgan fingerprint density at radius 3 is 2.72 bits per heavy atom. The van der Waals surface area contributed by atoms with Crippen molar-refractivity contribution in [1.82, 2.24) is 25.0 Å². The predicted octanol–water partition coefficient (Wildman–Crippen LogP) is 5.56. The van der Waals surface area contributed by atoms with Gasteiger partial charge in [-0.2, -0.15) is 0 Å². The van der Waals surface area contributed by atoms with Crippen molar-refractivity contribution in [3.63, 3.8) is 0 Å². The molecule has 2 aliphatic rings. The number of benzene rings is 2. The first-order chi connectivity index (χ1) is 19.2. The molecule has 1 aliphatic heterocycles. The average Bonchev–Trinajstić information content (AvgIpc) is 3.64. The topological polar surface area (TPSA) is 89.5 Å². The Hall–Kier alpha value is -3.42. The zero-order valence-electron chi connectivity index (χ0n) is 22.7. The number of aromatic nitrogens is 3. The van der Waals surface area contributed by atoms with Crippen LogP contribution in [0.15, 0.2) is 67.0 Å². The zero-order chi connectivity index (χ0) is 26.4. The summed E-state index contributed by atoms with van der Waals surface area (Å²) >= 11 is 0. The van der Waals surface area contributed by atoms with Crippen molar-refractivity contribution in [1.29, 1.82) is 0 Å². The van der Waals surface area contributed by atoms with E-state index in [9.17, 15) is 0 Å². The van der Waals surface area contributed by atoms with E-state index in [2.05, 4.69) is 44.3 Å². The summed E-state index contributed by atoms with van der Waals surface area (Å²) in [6.07, 6.45) is 12.5. The maximum atomic E-state index is 6.43. The molecule has 4 aromatic rings. The third-order valence-electron chi connectivity index (χ3n) is 8.44. The van der Waals surface area contributed by atoms with Gasteiger partial charge in [0.15, 0.2) is 0 Å². The summed E-state index contributed by atoms with van der Waals surface area (Å²) in [6, 6.07) is 19.1. The molecule has 0 bridgehead atoms. The van der Waals surface area contributed by atoms with Gasteiger partial charge in [-0.15, -0.1) is 0 Å². The van der Waals surface area contributed by atoms with Crippen LogP contribution in [0.2, 0.25) is 0 Å². The number of hydrogen-bond acceptors (Lipinski definition) is 6. The second-order valence-electron chi connectivity index (χ2n) is 11.2. The van der Waals surface area contributed by atoms with Crippen LogP contribution in [0, 0.1) is 5.92 Å². The Kier molecular flexibility index (Phi) is 8.07. The molecule has 2 aromatic heterocycles. The van der Waals surface area contributed by atoms with Crippen LogP contribution in [0.3, 0.4) is 0 Å². The van der Waals surface area contributed by atoms with Crippen molar-refractivity contribution in [2.75, 3.05) is 25.4 Å². The Morgan fingerprint density at radius 2 is 1.90 bits per heavy atom. The first kappa shape index (κ1) is 25.8. The fourth-order valence-corrected chi connectivity index (χ4v) is 6.26. The van der Waals surface area contributed by atoms with Crippen LogP contribution in [0.4, 0.5) is 5.82 Å². The number of rotatable bonds is 10. The van der Waals surface area contributed by atoms with Gasteiger partial charge in [0.25, 0.3) is 0 Å². The van der Waals surface area contributed by atoms with E-state index in [0.29, 0.717) is 24.4 Å². The number of fused-ring (bicyclic) bond motifs is 1. The molecule has 0 amide bonds. The van der Waals surface area contributed by atoms with Crippen LogP contribution in [0.25, 0.3) is 16.8 Å². The molecular formula is C32H40N6O. The lowest BCUT2D eigenvalue weighted by atomic mass is 9.81. The van der Waals surface area contributed by atoms with E-state index in [0.717, 1.165) is 65.8 Å². The molecule has 1 atom stereocenters. The number of anilines is 1. The van der Waals surface area contributed by atoms with Crippen LogP contribution in [-0.2, 0) is 6.61 Å². The van der Waals surface area contributed by atoms with Crippen molar-refractivity contribution in [2.24, 2.45) is 5.92 Å².